The fourth-order valence-electron chi connectivity index (χ4n) is 2.11. The van der Waals surface area contributed by atoms with E-state index in [0.717, 1.165) is 16.7 Å². The fraction of sp³-hybridized carbons (Fsp3) is 0.188. The number of Topliss-reactive ketones (excluding diaryl/α,β-unsaturated/α-hetero) is 1. The third kappa shape index (κ3) is 2.66. The first kappa shape index (κ1) is 12.5. The Balaban J connectivity index is 2.31. The topological polar surface area (TPSA) is 43.1 Å². The Morgan fingerprint density at radius 1 is 1.00 bits per heavy atom. The summed E-state index contributed by atoms with van der Waals surface area (Å²) >= 11 is 0. The van der Waals surface area contributed by atoms with Crippen molar-refractivity contribution in [1.29, 1.82) is 0 Å². The van der Waals surface area contributed by atoms with E-state index in [4.69, 9.17) is 5.73 Å². The average Bonchev–Trinajstić information content (AvgIpc) is 2.37. The van der Waals surface area contributed by atoms with Crippen molar-refractivity contribution in [2.45, 2.75) is 19.9 Å². The Kier molecular flexibility index (Phi) is 3.58. The maximum absolute atomic E-state index is 12.3. The van der Waals surface area contributed by atoms with Gasteiger partial charge in [0.05, 0.1) is 6.04 Å². The van der Waals surface area contributed by atoms with E-state index in [1.807, 2.05) is 62.4 Å². The predicted molar refractivity (Wildman–Crippen MR) is 73.6 cm³/mol. The van der Waals surface area contributed by atoms with Crippen LogP contribution in [0.5, 0.6) is 0 Å². The third-order valence-corrected chi connectivity index (χ3v) is 2.95. The van der Waals surface area contributed by atoms with Crippen molar-refractivity contribution in [3.05, 3.63) is 70.8 Å². The fourth-order valence-corrected chi connectivity index (χ4v) is 2.11. The normalized spacial score (nSPS) is 12.2. The number of aryl methyl sites for hydroxylation is 2. The molecule has 2 rings (SSSR count). The lowest BCUT2D eigenvalue weighted by molar-refractivity contribution is 0.0961. The van der Waals surface area contributed by atoms with E-state index in [9.17, 15) is 4.79 Å². The Morgan fingerprint density at radius 3 is 2.11 bits per heavy atom. The molecular weight excluding hydrogens is 222 g/mol. The molecule has 1 atom stereocenters. The molecule has 0 saturated carbocycles. The lowest BCUT2D eigenvalue weighted by Crippen LogP contribution is -2.21. The van der Waals surface area contributed by atoms with Crippen LogP contribution in [-0.2, 0) is 0 Å². The zero-order chi connectivity index (χ0) is 13.1. The van der Waals surface area contributed by atoms with Gasteiger partial charge in [-0.3, -0.25) is 4.79 Å². The summed E-state index contributed by atoms with van der Waals surface area (Å²) in [6.45, 7) is 3.97. The van der Waals surface area contributed by atoms with Crippen LogP contribution in [-0.4, -0.2) is 5.78 Å². The molecule has 0 fully saturated rings. The minimum absolute atomic E-state index is 0.0343. The number of hydrogen-bond acceptors (Lipinski definition) is 2. The van der Waals surface area contributed by atoms with E-state index in [1.54, 1.807) is 0 Å². The van der Waals surface area contributed by atoms with Gasteiger partial charge in [-0.15, -0.1) is 0 Å². The van der Waals surface area contributed by atoms with Crippen molar-refractivity contribution >= 4 is 5.78 Å². The highest BCUT2D eigenvalue weighted by Gasteiger charge is 2.17. The summed E-state index contributed by atoms with van der Waals surface area (Å²) in [6, 6.07) is 14.7. The van der Waals surface area contributed by atoms with E-state index in [0.29, 0.717) is 5.56 Å². The van der Waals surface area contributed by atoms with Crippen LogP contribution in [0.15, 0.2) is 48.5 Å². The van der Waals surface area contributed by atoms with Gasteiger partial charge in [0, 0.05) is 5.56 Å². The molecule has 2 nitrogen and oxygen atoms in total. The van der Waals surface area contributed by atoms with E-state index in [2.05, 4.69) is 0 Å². The number of carbonyl (C=O) groups excluding carboxylic acids is 1. The summed E-state index contributed by atoms with van der Waals surface area (Å²) < 4.78 is 0. The Labute approximate surface area is 107 Å². The van der Waals surface area contributed by atoms with Gasteiger partial charge in [0.1, 0.15) is 0 Å². The van der Waals surface area contributed by atoms with Gasteiger partial charge in [-0.25, -0.2) is 0 Å². The summed E-state index contributed by atoms with van der Waals surface area (Å²) in [5.41, 5.74) is 9.72. The first-order valence-corrected chi connectivity index (χ1v) is 6.01. The number of nitrogens with two attached hydrogens (primary N) is 1. The lowest BCUT2D eigenvalue weighted by Gasteiger charge is -2.12. The zero-order valence-corrected chi connectivity index (χ0v) is 10.7. The second kappa shape index (κ2) is 5.15. The van der Waals surface area contributed by atoms with Crippen molar-refractivity contribution in [3.8, 4) is 0 Å². The molecule has 0 aromatic heterocycles. The standard InChI is InChI=1S/C16H17NO/c1-11-8-12(2)10-14(9-11)16(18)15(17)13-6-4-3-5-7-13/h3-10,15H,17H2,1-2H3. The molecule has 0 saturated heterocycles. The molecule has 0 bridgehead atoms. The molecule has 0 aliphatic carbocycles. The molecule has 2 N–H and O–H groups in total. The maximum atomic E-state index is 12.3. The van der Waals surface area contributed by atoms with Crippen LogP contribution in [0.25, 0.3) is 0 Å². The van der Waals surface area contributed by atoms with Crippen molar-refractivity contribution in [2.24, 2.45) is 5.73 Å². The van der Waals surface area contributed by atoms with Gasteiger partial charge in [0.15, 0.2) is 5.78 Å². The Hall–Kier alpha value is -1.93. The summed E-state index contributed by atoms with van der Waals surface area (Å²) in [4.78, 5) is 12.3. The van der Waals surface area contributed by atoms with Crippen molar-refractivity contribution in [1.82, 2.24) is 0 Å². The highest BCUT2D eigenvalue weighted by Crippen LogP contribution is 2.18. The van der Waals surface area contributed by atoms with Crippen LogP contribution in [0.1, 0.15) is 33.1 Å². The van der Waals surface area contributed by atoms with Crippen LogP contribution in [0, 0.1) is 13.8 Å². The molecule has 18 heavy (non-hydrogen) atoms. The van der Waals surface area contributed by atoms with Crippen molar-refractivity contribution in [2.75, 3.05) is 0 Å². The van der Waals surface area contributed by atoms with Crippen LogP contribution < -0.4 is 5.73 Å². The van der Waals surface area contributed by atoms with Gasteiger partial charge in [-0.1, -0.05) is 47.5 Å². The quantitative estimate of drug-likeness (QED) is 0.836. The number of carbonyl (C=O) groups is 1. The van der Waals surface area contributed by atoms with Gasteiger partial charge >= 0.3 is 0 Å². The second-order valence-corrected chi connectivity index (χ2v) is 4.63. The lowest BCUT2D eigenvalue weighted by atomic mass is 9.96. The third-order valence-electron chi connectivity index (χ3n) is 2.95. The number of ketones is 1. The van der Waals surface area contributed by atoms with E-state index >= 15 is 0 Å². The van der Waals surface area contributed by atoms with Crippen LogP contribution in [0.3, 0.4) is 0 Å². The first-order valence-electron chi connectivity index (χ1n) is 6.01. The second-order valence-electron chi connectivity index (χ2n) is 4.63. The molecule has 2 aromatic rings. The van der Waals surface area contributed by atoms with Crippen molar-refractivity contribution < 1.29 is 4.79 Å². The van der Waals surface area contributed by atoms with E-state index in [-0.39, 0.29) is 5.78 Å². The molecule has 92 valence electrons. The van der Waals surface area contributed by atoms with Crippen LogP contribution >= 0.6 is 0 Å². The van der Waals surface area contributed by atoms with Crippen LogP contribution in [0.2, 0.25) is 0 Å². The molecule has 1 unspecified atom stereocenters. The molecule has 2 heteroatoms. The summed E-state index contributed by atoms with van der Waals surface area (Å²) in [5.74, 6) is -0.0343. The summed E-state index contributed by atoms with van der Waals surface area (Å²) in [6.07, 6.45) is 0. The number of benzene rings is 2. The zero-order valence-electron chi connectivity index (χ0n) is 10.7. The highest BCUT2D eigenvalue weighted by molar-refractivity contribution is 6.00. The highest BCUT2D eigenvalue weighted by atomic mass is 16.1. The SMILES string of the molecule is Cc1cc(C)cc(C(=O)C(N)c2ccccc2)c1. The molecule has 0 aliphatic heterocycles. The van der Waals surface area contributed by atoms with Crippen molar-refractivity contribution in [3.63, 3.8) is 0 Å². The molecule has 0 aliphatic rings. The Bertz CT molecular complexity index is 540. The van der Waals surface area contributed by atoms with Gasteiger partial charge < -0.3 is 5.73 Å². The predicted octanol–water partition coefficient (Wildman–Crippen LogP) is 3.19. The van der Waals surface area contributed by atoms with Crippen LogP contribution in [0.4, 0.5) is 0 Å². The molecular formula is C16H17NO. The average molecular weight is 239 g/mol. The minimum atomic E-state index is -0.590. The maximum Gasteiger partial charge on any atom is 0.184 e. The summed E-state index contributed by atoms with van der Waals surface area (Å²) in [5, 5.41) is 0. The van der Waals surface area contributed by atoms with Gasteiger partial charge in [0.25, 0.3) is 0 Å². The van der Waals surface area contributed by atoms with Gasteiger partial charge in [0.2, 0.25) is 0 Å². The smallest absolute Gasteiger partial charge is 0.184 e. The van der Waals surface area contributed by atoms with E-state index < -0.39 is 6.04 Å². The number of hydrogen-bond donors (Lipinski definition) is 1. The first-order chi connectivity index (χ1) is 8.58. The van der Waals surface area contributed by atoms with E-state index in [1.165, 1.54) is 0 Å². The molecule has 0 heterocycles. The Morgan fingerprint density at radius 2 is 1.56 bits per heavy atom. The molecule has 0 radical (unpaired) electrons. The van der Waals surface area contributed by atoms with Gasteiger partial charge in [-0.2, -0.15) is 0 Å². The molecule has 0 spiro atoms. The molecule has 2 aromatic carbocycles. The summed E-state index contributed by atoms with van der Waals surface area (Å²) in [7, 11) is 0. The number of rotatable bonds is 3. The molecule has 0 amide bonds. The largest absolute Gasteiger partial charge is 0.318 e. The van der Waals surface area contributed by atoms with Gasteiger partial charge in [-0.05, 0) is 31.5 Å². The minimum Gasteiger partial charge on any atom is -0.318 e. The monoisotopic (exact) mass is 239 g/mol.